The SMILES string of the molecule is CC(C)(C)SCSP(=O)(O)O. The predicted octanol–water partition coefficient (Wildman–Crippen LogP) is 2.30. The molecule has 2 N–H and O–H groups in total. The molecule has 0 radical (unpaired) electrons. The van der Waals surface area contributed by atoms with Crippen molar-refractivity contribution in [2.24, 2.45) is 0 Å². The molecule has 0 aromatic heterocycles. The first-order valence-corrected chi connectivity index (χ1v) is 7.24. The van der Waals surface area contributed by atoms with E-state index < -0.39 is 6.80 Å². The van der Waals surface area contributed by atoms with Crippen molar-refractivity contribution in [2.45, 2.75) is 25.5 Å². The van der Waals surface area contributed by atoms with Gasteiger partial charge in [0.05, 0.1) is 5.08 Å². The van der Waals surface area contributed by atoms with Crippen LogP contribution < -0.4 is 0 Å². The fraction of sp³-hybridized carbons (Fsp3) is 1.00. The maximum Gasteiger partial charge on any atom is 0.384 e. The molecule has 0 saturated carbocycles. The summed E-state index contributed by atoms with van der Waals surface area (Å²) in [4.78, 5) is 17.0. The first-order valence-electron chi connectivity index (χ1n) is 3.05. The minimum Gasteiger partial charge on any atom is -0.317 e. The lowest BCUT2D eigenvalue weighted by atomic mass is 10.3. The third-order valence-corrected chi connectivity index (χ3v) is 4.77. The van der Waals surface area contributed by atoms with Crippen molar-refractivity contribution in [1.29, 1.82) is 0 Å². The van der Waals surface area contributed by atoms with Gasteiger partial charge in [0.1, 0.15) is 0 Å². The molecule has 68 valence electrons. The fourth-order valence-electron chi connectivity index (χ4n) is 0.272. The summed E-state index contributed by atoms with van der Waals surface area (Å²) in [7, 11) is 0. The summed E-state index contributed by atoms with van der Waals surface area (Å²) >= 11 is 2.22. The predicted molar refractivity (Wildman–Crippen MR) is 51.8 cm³/mol. The molecule has 0 amide bonds. The molecule has 0 bridgehead atoms. The van der Waals surface area contributed by atoms with Crippen LogP contribution in [-0.4, -0.2) is 19.6 Å². The Morgan fingerprint density at radius 2 is 1.82 bits per heavy atom. The van der Waals surface area contributed by atoms with Gasteiger partial charge in [-0.1, -0.05) is 20.8 Å². The number of hydrogen-bond donors (Lipinski definition) is 2. The molecule has 0 aliphatic heterocycles. The first-order chi connectivity index (χ1) is 4.71. The molecular formula is C5H13O3PS2. The average Bonchev–Trinajstić information content (AvgIpc) is 1.55. The number of thioether (sulfide) groups is 1. The van der Waals surface area contributed by atoms with E-state index in [1.165, 1.54) is 11.8 Å². The molecule has 0 aromatic rings. The summed E-state index contributed by atoms with van der Waals surface area (Å²) in [5.41, 5.74) is 0. The van der Waals surface area contributed by atoms with Crippen LogP contribution in [0.1, 0.15) is 20.8 Å². The van der Waals surface area contributed by atoms with Gasteiger partial charge in [0, 0.05) is 4.75 Å². The largest absolute Gasteiger partial charge is 0.384 e. The van der Waals surface area contributed by atoms with E-state index in [4.69, 9.17) is 9.79 Å². The third-order valence-electron chi connectivity index (χ3n) is 0.713. The van der Waals surface area contributed by atoms with Crippen LogP contribution in [0.2, 0.25) is 0 Å². The molecule has 0 atom stereocenters. The Balaban J connectivity index is 3.52. The van der Waals surface area contributed by atoms with E-state index in [1.807, 2.05) is 20.8 Å². The van der Waals surface area contributed by atoms with Crippen molar-refractivity contribution in [3.05, 3.63) is 0 Å². The Bertz CT molecular complexity index is 160. The van der Waals surface area contributed by atoms with Crippen molar-refractivity contribution >= 4 is 29.9 Å². The van der Waals surface area contributed by atoms with Gasteiger partial charge in [-0.25, -0.2) is 4.57 Å². The summed E-state index contributed by atoms with van der Waals surface area (Å²) < 4.78 is 10.4. The summed E-state index contributed by atoms with van der Waals surface area (Å²) in [5.74, 6) is 0. The van der Waals surface area contributed by atoms with Gasteiger partial charge in [-0.05, 0) is 11.4 Å². The zero-order chi connectivity index (χ0) is 9.12. The highest BCUT2D eigenvalue weighted by Crippen LogP contribution is 2.52. The maximum absolute atomic E-state index is 10.4. The van der Waals surface area contributed by atoms with Crippen molar-refractivity contribution in [1.82, 2.24) is 0 Å². The van der Waals surface area contributed by atoms with Crippen LogP contribution in [0.4, 0.5) is 0 Å². The van der Waals surface area contributed by atoms with E-state index in [0.29, 0.717) is 16.5 Å². The van der Waals surface area contributed by atoms with E-state index in [1.54, 1.807) is 0 Å². The highest BCUT2D eigenvalue weighted by atomic mass is 32.7. The Morgan fingerprint density at radius 3 is 2.09 bits per heavy atom. The van der Waals surface area contributed by atoms with Crippen LogP contribution in [-0.2, 0) is 4.57 Å². The lowest BCUT2D eigenvalue weighted by Gasteiger charge is -2.16. The average molecular weight is 216 g/mol. The molecule has 0 saturated heterocycles. The van der Waals surface area contributed by atoms with E-state index in [0.717, 1.165) is 0 Å². The Kier molecular flexibility index (Phi) is 4.51. The van der Waals surface area contributed by atoms with Crippen LogP contribution in [0.15, 0.2) is 0 Å². The Hall–Kier alpha value is 0.850. The summed E-state index contributed by atoms with van der Waals surface area (Å²) in [6.07, 6.45) is 0. The van der Waals surface area contributed by atoms with Gasteiger partial charge in [-0.3, -0.25) is 0 Å². The zero-order valence-corrected chi connectivity index (χ0v) is 9.30. The van der Waals surface area contributed by atoms with Crippen molar-refractivity contribution in [3.63, 3.8) is 0 Å². The van der Waals surface area contributed by atoms with Crippen molar-refractivity contribution < 1.29 is 14.4 Å². The lowest BCUT2D eigenvalue weighted by molar-refractivity contribution is 0.397. The van der Waals surface area contributed by atoms with Crippen molar-refractivity contribution in [3.8, 4) is 0 Å². The molecule has 0 unspecified atom stereocenters. The number of rotatable bonds is 3. The van der Waals surface area contributed by atoms with Gasteiger partial charge in [-0.15, -0.1) is 11.8 Å². The standard InChI is InChI=1S/C5H13O3PS2/c1-5(2,3)10-4-11-9(6,7)8/h4H2,1-3H3,(H2,6,7,8). The highest BCUT2D eigenvalue weighted by molar-refractivity contribution is 8.57. The molecule has 6 heteroatoms. The van der Waals surface area contributed by atoms with Gasteiger partial charge >= 0.3 is 6.80 Å². The molecule has 0 heterocycles. The van der Waals surface area contributed by atoms with E-state index >= 15 is 0 Å². The molecule has 0 aromatic carbocycles. The topological polar surface area (TPSA) is 57.5 Å². The Morgan fingerprint density at radius 1 is 1.36 bits per heavy atom. The lowest BCUT2D eigenvalue weighted by Crippen LogP contribution is -2.06. The van der Waals surface area contributed by atoms with Gasteiger partial charge in [0.2, 0.25) is 0 Å². The second-order valence-corrected chi connectivity index (χ2v) is 8.89. The Labute approximate surface area is 75.2 Å². The summed E-state index contributed by atoms with van der Waals surface area (Å²) in [6.45, 7) is 2.18. The van der Waals surface area contributed by atoms with Gasteiger partial charge in [-0.2, -0.15) is 0 Å². The van der Waals surface area contributed by atoms with Crippen LogP contribution >= 0.6 is 29.9 Å². The second-order valence-electron chi connectivity index (χ2n) is 2.99. The molecule has 0 fully saturated rings. The van der Waals surface area contributed by atoms with Crippen LogP contribution in [0.25, 0.3) is 0 Å². The first kappa shape index (κ1) is 11.8. The van der Waals surface area contributed by atoms with E-state index in [-0.39, 0.29) is 4.75 Å². The summed E-state index contributed by atoms with van der Waals surface area (Å²) in [6, 6.07) is 0. The van der Waals surface area contributed by atoms with E-state index in [9.17, 15) is 4.57 Å². The quantitative estimate of drug-likeness (QED) is 0.560. The molecule has 0 spiro atoms. The fourth-order valence-corrected chi connectivity index (χ4v) is 4.16. The molecular weight excluding hydrogens is 203 g/mol. The molecule has 0 rings (SSSR count). The minimum absolute atomic E-state index is 0.0716. The van der Waals surface area contributed by atoms with Crippen molar-refractivity contribution in [2.75, 3.05) is 5.08 Å². The highest BCUT2D eigenvalue weighted by Gasteiger charge is 2.17. The smallest absolute Gasteiger partial charge is 0.317 e. The van der Waals surface area contributed by atoms with E-state index in [2.05, 4.69) is 0 Å². The molecule has 0 aliphatic carbocycles. The van der Waals surface area contributed by atoms with Gasteiger partial charge in [0.25, 0.3) is 0 Å². The number of hydrogen-bond acceptors (Lipinski definition) is 3. The molecule has 0 aliphatic rings. The van der Waals surface area contributed by atoms with Crippen LogP contribution in [0, 0.1) is 0 Å². The van der Waals surface area contributed by atoms with Gasteiger partial charge < -0.3 is 9.79 Å². The normalized spacial score (nSPS) is 13.5. The maximum atomic E-state index is 10.4. The summed E-state index contributed by atoms with van der Waals surface area (Å²) in [5, 5.41) is 0.438. The van der Waals surface area contributed by atoms with Crippen LogP contribution in [0.3, 0.4) is 0 Å². The van der Waals surface area contributed by atoms with Gasteiger partial charge in [0.15, 0.2) is 0 Å². The minimum atomic E-state index is -3.86. The van der Waals surface area contributed by atoms with Crippen LogP contribution in [0.5, 0.6) is 0 Å². The molecule has 3 nitrogen and oxygen atoms in total. The molecule has 11 heavy (non-hydrogen) atoms. The third kappa shape index (κ3) is 10.8. The zero-order valence-electron chi connectivity index (χ0n) is 6.77. The second kappa shape index (κ2) is 4.19. The monoisotopic (exact) mass is 216 g/mol.